The maximum atomic E-state index is 10.5. The lowest BCUT2D eigenvalue weighted by molar-refractivity contribution is -0.105. The highest BCUT2D eigenvalue weighted by molar-refractivity contribution is 6.11. The van der Waals surface area contributed by atoms with E-state index in [1.165, 1.54) is 5.39 Å². The van der Waals surface area contributed by atoms with Crippen molar-refractivity contribution < 1.29 is 4.79 Å². The Labute approximate surface area is 92.1 Å². The summed E-state index contributed by atoms with van der Waals surface area (Å²) < 4.78 is 0. The van der Waals surface area contributed by atoms with Gasteiger partial charge >= 0.3 is 0 Å². The van der Waals surface area contributed by atoms with E-state index in [-0.39, 0.29) is 0 Å². The van der Waals surface area contributed by atoms with Gasteiger partial charge in [-0.15, -0.1) is 0 Å². The Morgan fingerprint density at radius 3 is 2.69 bits per heavy atom. The van der Waals surface area contributed by atoms with Crippen LogP contribution >= 0.6 is 0 Å². The van der Waals surface area contributed by atoms with Crippen molar-refractivity contribution in [1.82, 2.24) is 4.98 Å². The summed E-state index contributed by atoms with van der Waals surface area (Å²) in [4.78, 5) is 13.8. The first-order chi connectivity index (χ1) is 7.90. The van der Waals surface area contributed by atoms with E-state index in [4.69, 9.17) is 0 Å². The average Bonchev–Trinajstić information content (AvgIpc) is 2.69. The summed E-state index contributed by atoms with van der Waals surface area (Å²) in [7, 11) is 0. The van der Waals surface area contributed by atoms with E-state index in [0.717, 1.165) is 22.1 Å². The number of hydrogen-bond donors (Lipinski definition) is 2. The minimum absolute atomic E-state index is 0.695. The quantitative estimate of drug-likeness (QED) is 0.627. The normalized spacial score (nSPS) is 10.8. The molecule has 3 nitrogen and oxygen atoms in total. The number of para-hydroxylation sites is 2. The molecule has 0 atom stereocenters. The van der Waals surface area contributed by atoms with Gasteiger partial charge in [-0.2, -0.15) is 0 Å². The number of rotatable bonds is 2. The van der Waals surface area contributed by atoms with Gasteiger partial charge < -0.3 is 10.3 Å². The number of hydrogen-bond acceptors (Lipinski definition) is 1. The molecule has 1 heterocycles. The Morgan fingerprint density at radius 2 is 1.81 bits per heavy atom. The number of aromatic amines is 1. The lowest BCUT2D eigenvalue weighted by Crippen LogP contribution is -1.93. The van der Waals surface area contributed by atoms with Crippen molar-refractivity contribution in [2.24, 2.45) is 0 Å². The summed E-state index contributed by atoms with van der Waals surface area (Å²) in [6, 6.07) is 14.0. The number of fused-ring (bicyclic) bond motifs is 3. The Hall–Kier alpha value is -2.29. The van der Waals surface area contributed by atoms with Gasteiger partial charge in [0.1, 0.15) is 0 Å². The third-order valence-corrected chi connectivity index (χ3v) is 2.76. The highest BCUT2D eigenvalue weighted by Crippen LogP contribution is 2.29. The van der Waals surface area contributed by atoms with Crippen molar-refractivity contribution in [3.8, 4) is 0 Å². The predicted molar refractivity (Wildman–Crippen MR) is 65.5 cm³/mol. The van der Waals surface area contributed by atoms with Crippen LogP contribution in [0.5, 0.6) is 0 Å². The molecule has 0 aliphatic carbocycles. The summed E-state index contributed by atoms with van der Waals surface area (Å²) >= 11 is 0. The van der Waals surface area contributed by atoms with Gasteiger partial charge in [0.15, 0.2) is 0 Å². The molecule has 0 fully saturated rings. The molecule has 0 saturated carbocycles. The number of benzene rings is 2. The van der Waals surface area contributed by atoms with E-state index in [1.807, 2.05) is 36.4 Å². The molecule has 78 valence electrons. The molecule has 1 aromatic heterocycles. The SMILES string of the molecule is O=CNc1cccc2c1[nH]c1ccccc12. The van der Waals surface area contributed by atoms with Crippen molar-refractivity contribution in [2.75, 3.05) is 5.32 Å². The van der Waals surface area contributed by atoms with E-state index < -0.39 is 0 Å². The largest absolute Gasteiger partial charge is 0.353 e. The second-order valence-corrected chi connectivity index (χ2v) is 3.66. The molecular formula is C13H10N2O. The van der Waals surface area contributed by atoms with E-state index in [2.05, 4.69) is 16.4 Å². The van der Waals surface area contributed by atoms with Gasteiger partial charge in [-0.05, 0) is 12.1 Å². The molecule has 1 amide bonds. The molecule has 2 N–H and O–H groups in total. The van der Waals surface area contributed by atoms with Crippen LogP contribution in [0.3, 0.4) is 0 Å². The molecule has 0 unspecified atom stereocenters. The number of carbonyl (C=O) groups is 1. The molecule has 3 aromatic rings. The van der Waals surface area contributed by atoms with Gasteiger partial charge in [-0.3, -0.25) is 4.79 Å². The molecular weight excluding hydrogens is 200 g/mol. The minimum Gasteiger partial charge on any atom is -0.353 e. The van der Waals surface area contributed by atoms with Gasteiger partial charge in [-0.1, -0.05) is 30.3 Å². The third-order valence-electron chi connectivity index (χ3n) is 2.76. The molecule has 16 heavy (non-hydrogen) atoms. The van der Waals surface area contributed by atoms with Crippen molar-refractivity contribution >= 4 is 33.9 Å². The first-order valence-electron chi connectivity index (χ1n) is 5.10. The standard InChI is InChI=1S/C13H10N2O/c16-8-14-12-7-3-5-10-9-4-1-2-6-11(9)15-13(10)12/h1-8,15H,(H,14,16). The number of amides is 1. The van der Waals surface area contributed by atoms with Crippen LogP contribution in [0.1, 0.15) is 0 Å². The maximum absolute atomic E-state index is 10.5. The Morgan fingerprint density at radius 1 is 1.00 bits per heavy atom. The number of H-pyrrole nitrogens is 1. The highest BCUT2D eigenvalue weighted by atomic mass is 16.1. The molecule has 0 spiro atoms. The first kappa shape index (κ1) is 8.97. The zero-order valence-electron chi connectivity index (χ0n) is 8.53. The van der Waals surface area contributed by atoms with Crippen LogP contribution < -0.4 is 5.32 Å². The number of carbonyl (C=O) groups excluding carboxylic acids is 1. The Balaban J connectivity index is 2.43. The highest BCUT2D eigenvalue weighted by Gasteiger charge is 2.06. The Kier molecular flexibility index (Phi) is 1.90. The molecule has 0 aliphatic rings. The zero-order chi connectivity index (χ0) is 11.0. The summed E-state index contributed by atoms with van der Waals surface area (Å²) in [5.41, 5.74) is 2.86. The molecule has 0 bridgehead atoms. The van der Waals surface area contributed by atoms with Crippen LogP contribution in [0, 0.1) is 0 Å². The number of aromatic nitrogens is 1. The van der Waals surface area contributed by atoms with Crippen LogP contribution in [-0.4, -0.2) is 11.4 Å². The molecule has 2 aromatic carbocycles. The zero-order valence-corrected chi connectivity index (χ0v) is 8.53. The summed E-state index contributed by atoms with van der Waals surface area (Å²) in [5, 5.41) is 5.00. The van der Waals surface area contributed by atoms with Crippen molar-refractivity contribution in [1.29, 1.82) is 0 Å². The summed E-state index contributed by atoms with van der Waals surface area (Å²) in [6.45, 7) is 0. The Bertz CT molecular complexity index is 670. The van der Waals surface area contributed by atoms with Crippen LogP contribution in [0.2, 0.25) is 0 Å². The number of anilines is 1. The maximum Gasteiger partial charge on any atom is 0.211 e. The molecule has 0 radical (unpaired) electrons. The second-order valence-electron chi connectivity index (χ2n) is 3.66. The molecule has 3 rings (SSSR count). The smallest absolute Gasteiger partial charge is 0.211 e. The van der Waals surface area contributed by atoms with E-state index in [1.54, 1.807) is 0 Å². The lowest BCUT2D eigenvalue weighted by atomic mass is 10.1. The second kappa shape index (κ2) is 3.38. The third kappa shape index (κ3) is 1.18. The van der Waals surface area contributed by atoms with Gasteiger partial charge in [0.2, 0.25) is 6.41 Å². The molecule has 0 saturated heterocycles. The van der Waals surface area contributed by atoms with E-state index >= 15 is 0 Å². The molecule has 3 heteroatoms. The van der Waals surface area contributed by atoms with Crippen molar-refractivity contribution in [2.45, 2.75) is 0 Å². The van der Waals surface area contributed by atoms with Crippen LogP contribution in [0.15, 0.2) is 42.5 Å². The topological polar surface area (TPSA) is 44.9 Å². The summed E-state index contributed by atoms with van der Waals surface area (Å²) in [5.74, 6) is 0. The van der Waals surface area contributed by atoms with Gasteiger partial charge in [0.05, 0.1) is 11.2 Å². The monoisotopic (exact) mass is 210 g/mol. The number of nitrogens with one attached hydrogen (secondary N) is 2. The minimum atomic E-state index is 0.695. The fraction of sp³-hybridized carbons (Fsp3) is 0. The van der Waals surface area contributed by atoms with Gasteiger partial charge in [0.25, 0.3) is 0 Å². The predicted octanol–water partition coefficient (Wildman–Crippen LogP) is 2.89. The fourth-order valence-corrected chi connectivity index (χ4v) is 2.06. The fourth-order valence-electron chi connectivity index (χ4n) is 2.06. The lowest BCUT2D eigenvalue weighted by Gasteiger charge is -1.99. The first-order valence-corrected chi connectivity index (χ1v) is 5.10. The van der Waals surface area contributed by atoms with Crippen LogP contribution in [-0.2, 0) is 4.79 Å². The van der Waals surface area contributed by atoms with Crippen LogP contribution in [0.25, 0.3) is 21.8 Å². The van der Waals surface area contributed by atoms with Crippen molar-refractivity contribution in [3.63, 3.8) is 0 Å². The van der Waals surface area contributed by atoms with Gasteiger partial charge in [-0.25, -0.2) is 0 Å². The van der Waals surface area contributed by atoms with E-state index in [9.17, 15) is 4.79 Å². The van der Waals surface area contributed by atoms with Gasteiger partial charge in [0, 0.05) is 16.3 Å². The van der Waals surface area contributed by atoms with Crippen molar-refractivity contribution in [3.05, 3.63) is 42.5 Å². The average molecular weight is 210 g/mol. The van der Waals surface area contributed by atoms with E-state index in [0.29, 0.717) is 6.41 Å². The van der Waals surface area contributed by atoms with Crippen LogP contribution in [0.4, 0.5) is 5.69 Å². The molecule has 0 aliphatic heterocycles. The summed E-state index contributed by atoms with van der Waals surface area (Å²) in [6.07, 6.45) is 0.695.